The summed E-state index contributed by atoms with van der Waals surface area (Å²) >= 11 is 0. The molecule has 0 saturated heterocycles. The molecule has 0 spiro atoms. The van der Waals surface area contributed by atoms with Gasteiger partial charge in [0.15, 0.2) is 5.78 Å². The van der Waals surface area contributed by atoms with Crippen LogP contribution in [0.3, 0.4) is 0 Å². The fourth-order valence-electron chi connectivity index (χ4n) is 2.03. The highest BCUT2D eigenvalue weighted by molar-refractivity contribution is 5.85. The van der Waals surface area contributed by atoms with E-state index in [1.54, 1.807) is 0 Å². The second kappa shape index (κ2) is 4.12. The van der Waals surface area contributed by atoms with Gasteiger partial charge in [-0.05, 0) is 32.0 Å². The number of hydrogen-bond acceptors (Lipinski definition) is 1. The third-order valence-electron chi connectivity index (χ3n) is 2.99. The zero-order valence-corrected chi connectivity index (χ0v) is 10.1. The van der Waals surface area contributed by atoms with Gasteiger partial charge < -0.3 is 4.57 Å². The van der Waals surface area contributed by atoms with Crippen molar-refractivity contribution in [3.8, 4) is 0 Å². The van der Waals surface area contributed by atoms with E-state index in [1.165, 1.54) is 10.9 Å². The Morgan fingerprint density at radius 3 is 2.69 bits per heavy atom. The number of nitrogens with zero attached hydrogens (tertiary/aromatic N) is 1. The van der Waals surface area contributed by atoms with Crippen LogP contribution in [0.15, 0.2) is 24.3 Å². The summed E-state index contributed by atoms with van der Waals surface area (Å²) in [5.41, 5.74) is 3.57. The van der Waals surface area contributed by atoms with Gasteiger partial charge in [0.1, 0.15) is 0 Å². The van der Waals surface area contributed by atoms with Crippen molar-refractivity contribution in [2.75, 3.05) is 0 Å². The minimum absolute atomic E-state index is 0.279. The Hall–Kier alpha value is -1.57. The lowest BCUT2D eigenvalue weighted by atomic mass is 10.2. The highest BCUT2D eigenvalue weighted by Crippen LogP contribution is 2.20. The summed E-state index contributed by atoms with van der Waals surface area (Å²) < 4.78 is 2.10. The maximum absolute atomic E-state index is 11.5. The number of ketones is 1. The number of hydrogen-bond donors (Lipinski definition) is 0. The quantitative estimate of drug-likeness (QED) is 0.770. The fraction of sp³-hybridized carbons (Fsp3) is 0.357. The lowest BCUT2D eigenvalue weighted by Crippen LogP contribution is -2.09. The largest absolute Gasteiger partial charge is 0.337 e. The molecule has 1 heterocycles. The van der Waals surface area contributed by atoms with Gasteiger partial charge in [0.2, 0.25) is 0 Å². The summed E-state index contributed by atoms with van der Waals surface area (Å²) in [6.45, 7) is 6.55. The summed E-state index contributed by atoms with van der Waals surface area (Å²) in [6.07, 6.45) is 0.602. The number of fused-ring (bicyclic) bond motifs is 1. The van der Waals surface area contributed by atoms with Crippen molar-refractivity contribution < 1.29 is 4.79 Å². The van der Waals surface area contributed by atoms with Crippen LogP contribution in [0, 0.1) is 13.8 Å². The molecule has 0 bridgehead atoms. The Morgan fingerprint density at radius 2 is 2.00 bits per heavy atom. The number of benzene rings is 1. The first-order valence-electron chi connectivity index (χ1n) is 5.70. The van der Waals surface area contributed by atoms with Gasteiger partial charge in [0, 0.05) is 23.0 Å². The molecule has 0 unspecified atom stereocenters. The summed E-state index contributed by atoms with van der Waals surface area (Å²) in [6, 6.07) is 8.50. The first kappa shape index (κ1) is 10.9. The van der Waals surface area contributed by atoms with Gasteiger partial charge >= 0.3 is 0 Å². The molecule has 0 radical (unpaired) electrons. The van der Waals surface area contributed by atoms with Crippen molar-refractivity contribution >= 4 is 16.7 Å². The smallest absolute Gasteiger partial charge is 0.152 e. The van der Waals surface area contributed by atoms with E-state index in [0.29, 0.717) is 13.0 Å². The van der Waals surface area contributed by atoms with E-state index in [9.17, 15) is 4.79 Å². The van der Waals surface area contributed by atoms with E-state index < -0.39 is 0 Å². The molecular weight excluding hydrogens is 198 g/mol. The normalized spacial score (nSPS) is 10.9. The van der Waals surface area contributed by atoms with Gasteiger partial charge in [0.25, 0.3) is 0 Å². The number of carbonyl (C=O) groups is 1. The summed E-state index contributed by atoms with van der Waals surface area (Å²) in [5, 5.41) is 1.22. The second-order valence-corrected chi connectivity index (χ2v) is 4.33. The SMILES string of the molecule is CCC(=O)Cn1c(C)cc2cc(C)ccc21. The first-order chi connectivity index (χ1) is 7.61. The number of aromatic nitrogens is 1. The number of Topliss-reactive ketones (excluding diaryl/α,β-unsaturated/α-hetero) is 1. The van der Waals surface area contributed by atoms with Gasteiger partial charge in [-0.2, -0.15) is 0 Å². The molecule has 0 N–H and O–H groups in total. The average molecular weight is 215 g/mol. The van der Waals surface area contributed by atoms with Crippen molar-refractivity contribution in [2.24, 2.45) is 0 Å². The maximum Gasteiger partial charge on any atom is 0.152 e. The summed E-state index contributed by atoms with van der Waals surface area (Å²) in [5.74, 6) is 0.279. The Balaban J connectivity index is 2.52. The topological polar surface area (TPSA) is 22.0 Å². The van der Waals surface area contributed by atoms with Crippen LogP contribution in [0.5, 0.6) is 0 Å². The Bertz CT molecular complexity index is 537. The van der Waals surface area contributed by atoms with Crippen LogP contribution in [0.4, 0.5) is 0 Å². The van der Waals surface area contributed by atoms with Crippen molar-refractivity contribution in [2.45, 2.75) is 33.7 Å². The molecule has 84 valence electrons. The highest BCUT2D eigenvalue weighted by Gasteiger charge is 2.08. The van der Waals surface area contributed by atoms with Crippen LogP contribution >= 0.6 is 0 Å². The highest BCUT2D eigenvalue weighted by atomic mass is 16.1. The molecule has 1 aromatic heterocycles. The van der Waals surface area contributed by atoms with Gasteiger partial charge in [-0.15, -0.1) is 0 Å². The predicted octanol–water partition coefficient (Wildman–Crippen LogP) is 3.24. The van der Waals surface area contributed by atoms with Gasteiger partial charge in [0.05, 0.1) is 6.54 Å². The van der Waals surface area contributed by atoms with Crippen molar-refractivity contribution in [1.82, 2.24) is 4.57 Å². The van der Waals surface area contributed by atoms with E-state index in [-0.39, 0.29) is 5.78 Å². The lowest BCUT2D eigenvalue weighted by Gasteiger charge is -2.06. The number of rotatable bonds is 3. The average Bonchev–Trinajstić information content (AvgIpc) is 2.54. The molecule has 0 aliphatic heterocycles. The van der Waals surface area contributed by atoms with Crippen LogP contribution in [0.25, 0.3) is 10.9 Å². The van der Waals surface area contributed by atoms with Crippen molar-refractivity contribution in [1.29, 1.82) is 0 Å². The fourth-order valence-corrected chi connectivity index (χ4v) is 2.03. The molecule has 2 nitrogen and oxygen atoms in total. The van der Waals surface area contributed by atoms with Crippen LogP contribution in [0.2, 0.25) is 0 Å². The van der Waals surface area contributed by atoms with E-state index in [1.807, 2.05) is 6.92 Å². The number of carbonyl (C=O) groups excluding carboxylic acids is 1. The van der Waals surface area contributed by atoms with E-state index in [2.05, 4.69) is 42.7 Å². The van der Waals surface area contributed by atoms with Crippen molar-refractivity contribution in [3.05, 3.63) is 35.5 Å². The van der Waals surface area contributed by atoms with Crippen LogP contribution in [-0.4, -0.2) is 10.4 Å². The minimum atomic E-state index is 0.279. The maximum atomic E-state index is 11.5. The van der Waals surface area contributed by atoms with E-state index in [0.717, 1.165) is 11.2 Å². The van der Waals surface area contributed by atoms with Crippen molar-refractivity contribution in [3.63, 3.8) is 0 Å². The predicted molar refractivity (Wildman–Crippen MR) is 66.7 cm³/mol. The molecule has 0 fully saturated rings. The number of aryl methyl sites for hydroxylation is 2. The van der Waals surface area contributed by atoms with Crippen LogP contribution in [-0.2, 0) is 11.3 Å². The molecule has 0 amide bonds. The molecule has 2 heteroatoms. The van der Waals surface area contributed by atoms with E-state index >= 15 is 0 Å². The zero-order chi connectivity index (χ0) is 11.7. The third kappa shape index (κ3) is 1.87. The first-order valence-corrected chi connectivity index (χ1v) is 5.70. The van der Waals surface area contributed by atoms with E-state index in [4.69, 9.17) is 0 Å². The molecule has 0 saturated carbocycles. The molecule has 0 aliphatic carbocycles. The van der Waals surface area contributed by atoms with Gasteiger partial charge in [-0.1, -0.05) is 18.6 Å². The minimum Gasteiger partial charge on any atom is -0.337 e. The Labute approximate surface area is 95.9 Å². The zero-order valence-electron chi connectivity index (χ0n) is 10.1. The molecule has 2 rings (SSSR count). The second-order valence-electron chi connectivity index (χ2n) is 4.33. The Kier molecular flexibility index (Phi) is 2.82. The summed E-state index contributed by atoms with van der Waals surface area (Å²) in [7, 11) is 0. The molecular formula is C14H17NO. The van der Waals surface area contributed by atoms with Crippen LogP contribution in [0.1, 0.15) is 24.6 Å². The van der Waals surface area contributed by atoms with Gasteiger partial charge in [-0.3, -0.25) is 4.79 Å². The van der Waals surface area contributed by atoms with Crippen LogP contribution < -0.4 is 0 Å². The standard InChI is InChI=1S/C14H17NO/c1-4-13(16)9-15-11(3)8-12-7-10(2)5-6-14(12)15/h5-8H,4,9H2,1-3H3. The molecule has 2 aromatic rings. The Morgan fingerprint density at radius 1 is 1.25 bits per heavy atom. The molecule has 0 aliphatic rings. The summed E-state index contributed by atoms with van der Waals surface area (Å²) in [4.78, 5) is 11.5. The molecule has 16 heavy (non-hydrogen) atoms. The lowest BCUT2D eigenvalue weighted by molar-refractivity contribution is -0.119. The monoisotopic (exact) mass is 215 g/mol. The molecule has 1 aromatic carbocycles. The van der Waals surface area contributed by atoms with Gasteiger partial charge in [-0.25, -0.2) is 0 Å². The third-order valence-corrected chi connectivity index (χ3v) is 2.99. The molecule has 0 atom stereocenters.